The van der Waals surface area contributed by atoms with E-state index in [2.05, 4.69) is 19.2 Å². The van der Waals surface area contributed by atoms with Crippen LogP contribution in [0.15, 0.2) is 34.7 Å². The van der Waals surface area contributed by atoms with Gasteiger partial charge < -0.3 is 19.6 Å². The highest BCUT2D eigenvalue weighted by Crippen LogP contribution is 2.20. The van der Waals surface area contributed by atoms with Crippen LogP contribution in [0.1, 0.15) is 53.9 Å². The van der Waals surface area contributed by atoms with Crippen molar-refractivity contribution in [3.05, 3.63) is 47.4 Å². The van der Waals surface area contributed by atoms with E-state index in [-0.39, 0.29) is 17.1 Å². The number of nitrogens with one attached hydrogen (secondary N) is 1. The van der Waals surface area contributed by atoms with Crippen molar-refractivity contribution in [2.75, 3.05) is 11.9 Å². The van der Waals surface area contributed by atoms with E-state index in [0.29, 0.717) is 24.6 Å². The molecule has 0 saturated heterocycles. The van der Waals surface area contributed by atoms with Crippen molar-refractivity contribution in [2.24, 2.45) is 5.92 Å². The molecule has 0 fully saturated rings. The normalized spacial score (nSPS) is 10.7. The second kappa shape index (κ2) is 8.37. The Morgan fingerprint density at radius 1 is 1.24 bits per heavy atom. The Balaban J connectivity index is 1.99. The minimum absolute atomic E-state index is 0.0153. The molecular formula is C19H23NO5. The van der Waals surface area contributed by atoms with Gasteiger partial charge in [-0.1, -0.05) is 20.8 Å². The van der Waals surface area contributed by atoms with Crippen molar-refractivity contribution < 1.29 is 23.8 Å². The number of hydrogen-bond acceptors (Lipinski definition) is 4. The summed E-state index contributed by atoms with van der Waals surface area (Å²) >= 11 is 0. The molecule has 0 aliphatic rings. The minimum Gasteiger partial charge on any atom is -0.494 e. The Bertz CT molecular complexity index is 731. The fourth-order valence-electron chi connectivity index (χ4n) is 2.22. The van der Waals surface area contributed by atoms with Crippen LogP contribution in [0.5, 0.6) is 5.75 Å². The van der Waals surface area contributed by atoms with E-state index in [0.717, 1.165) is 12.2 Å². The predicted molar refractivity (Wildman–Crippen MR) is 94.4 cm³/mol. The third kappa shape index (κ3) is 5.11. The summed E-state index contributed by atoms with van der Waals surface area (Å²) in [6, 6.07) is 8.26. The molecule has 1 aromatic heterocycles. The molecule has 0 aliphatic carbocycles. The topological polar surface area (TPSA) is 88.8 Å². The largest absolute Gasteiger partial charge is 0.494 e. The lowest BCUT2D eigenvalue weighted by Crippen LogP contribution is -2.11. The molecule has 0 spiro atoms. The lowest BCUT2D eigenvalue weighted by molar-refractivity contribution is 0.0694. The first-order chi connectivity index (χ1) is 11.9. The molecule has 6 heteroatoms. The number of furan rings is 1. The number of carbonyl (C=O) groups is 2. The smallest absolute Gasteiger partial charge is 0.339 e. The minimum atomic E-state index is -1.11. The van der Waals surface area contributed by atoms with Crippen LogP contribution in [0.4, 0.5) is 5.69 Å². The van der Waals surface area contributed by atoms with Crippen molar-refractivity contribution in [3.63, 3.8) is 0 Å². The summed E-state index contributed by atoms with van der Waals surface area (Å²) in [5.41, 5.74) is 0.592. The third-order valence-electron chi connectivity index (χ3n) is 3.66. The van der Waals surface area contributed by atoms with Gasteiger partial charge in [-0.25, -0.2) is 4.79 Å². The Hall–Kier alpha value is -2.76. The molecule has 2 aromatic rings. The van der Waals surface area contributed by atoms with Crippen molar-refractivity contribution in [1.29, 1.82) is 0 Å². The maximum absolute atomic E-state index is 12.2. The molecule has 0 bridgehead atoms. The Labute approximate surface area is 146 Å². The quantitative estimate of drug-likeness (QED) is 0.748. The fraction of sp³-hybridized carbons (Fsp3) is 0.368. The Kier molecular flexibility index (Phi) is 6.22. The fourth-order valence-corrected chi connectivity index (χ4v) is 2.22. The molecule has 0 unspecified atom stereocenters. The zero-order valence-electron chi connectivity index (χ0n) is 14.7. The lowest BCUT2D eigenvalue weighted by Gasteiger charge is -2.09. The number of aromatic carboxylic acids is 1. The summed E-state index contributed by atoms with van der Waals surface area (Å²) in [6.07, 6.45) is 1.37. The van der Waals surface area contributed by atoms with Gasteiger partial charge >= 0.3 is 5.97 Å². The number of anilines is 1. The number of carboxylic acid groups (broad SMARTS) is 1. The van der Waals surface area contributed by atoms with Crippen LogP contribution in [-0.2, 0) is 6.42 Å². The summed E-state index contributed by atoms with van der Waals surface area (Å²) in [7, 11) is 0. The highest BCUT2D eigenvalue weighted by molar-refractivity contribution is 6.04. The molecule has 0 aliphatic heterocycles. The van der Waals surface area contributed by atoms with Crippen LogP contribution in [-0.4, -0.2) is 23.6 Å². The second-order valence-electron chi connectivity index (χ2n) is 6.12. The second-order valence-corrected chi connectivity index (χ2v) is 6.12. The van der Waals surface area contributed by atoms with Crippen molar-refractivity contribution in [1.82, 2.24) is 0 Å². The molecule has 0 atom stereocenters. The van der Waals surface area contributed by atoms with Crippen molar-refractivity contribution >= 4 is 17.6 Å². The first-order valence-electron chi connectivity index (χ1n) is 8.31. The molecule has 134 valence electrons. The average Bonchev–Trinajstić information content (AvgIpc) is 3.01. The Morgan fingerprint density at radius 3 is 2.44 bits per heavy atom. The van der Waals surface area contributed by atoms with Crippen LogP contribution < -0.4 is 10.1 Å². The van der Waals surface area contributed by atoms with Gasteiger partial charge in [-0.05, 0) is 36.6 Å². The molecule has 1 heterocycles. The maximum atomic E-state index is 12.2. The van der Waals surface area contributed by atoms with Crippen LogP contribution in [0.2, 0.25) is 0 Å². The van der Waals surface area contributed by atoms with Crippen molar-refractivity contribution in [3.8, 4) is 5.75 Å². The number of carbonyl (C=O) groups excluding carboxylic acids is 1. The molecule has 2 N–H and O–H groups in total. The first kappa shape index (κ1) is 18.6. The van der Waals surface area contributed by atoms with Gasteiger partial charge in [-0.2, -0.15) is 0 Å². The monoisotopic (exact) mass is 345 g/mol. The number of carboxylic acids is 1. The van der Waals surface area contributed by atoms with Gasteiger partial charge in [0.25, 0.3) is 5.91 Å². The zero-order valence-corrected chi connectivity index (χ0v) is 14.7. The van der Waals surface area contributed by atoms with E-state index in [1.54, 1.807) is 31.2 Å². The van der Waals surface area contributed by atoms with Gasteiger partial charge in [0.05, 0.1) is 6.61 Å². The summed E-state index contributed by atoms with van der Waals surface area (Å²) < 4.78 is 11.0. The molecule has 0 radical (unpaired) electrons. The maximum Gasteiger partial charge on any atom is 0.339 e. The highest BCUT2D eigenvalue weighted by Gasteiger charge is 2.20. The van der Waals surface area contributed by atoms with E-state index in [1.165, 1.54) is 6.07 Å². The zero-order chi connectivity index (χ0) is 18.4. The lowest BCUT2D eigenvalue weighted by atomic mass is 10.1. The van der Waals surface area contributed by atoms with E-state index in [4.69, 9.17) is 14.3 Å². The standard InChI is InChI=1S/C19H23NO5/c1-4-16-15(19(22)23)11-17(25-16)18(21)20-13-5-7-14(8-6-13)24-10-9-12(2)3/h5-8,11-12H,4,9-10H2,1-3H3,(H,20,21)(H,22,23). The average molecular weight is 345 g/mol. The van der Waals surface area contributed by atoms with Gasteiger partial charge in [0.2, 0.25) is 0 Å². The number of rotatable bonds is 8. The van der Waals surface area contributed by atoms with Gasteiger partial charge in [-0.3, -0.25) is 4.79 Å². The molecule has 2 rings (SSSR count). The van der Waals surface area contributed by atoms with Gasteiger partial charge in [0, 0.05) is 18.2 Å². The molecule has 1 aromatic carbocycles. The molecule has 25 heavy (non-hydrogen) atoms. The van der Waals surface area contributed by atoms with Crippen LogP contribution >= 0.6 is 0 Å². The van der Waals surface area contributed by atoms with E-state index >= 15 is 0 Å². The third-order valence-corrected chi connectivity index (χ3v) is 3.66. The summed E-state index contributed by atoms with van der Waals surface area (Å²) in [5, 5.41) is 11.8. The van der Waals surface area contributed by atoms with Crippen LogP contribution in [0.3, 0.4) is 0 Å². The van der Waals surface area contributed by atoms with Gasteiger partial charge in [0.15, 0.2) is 5.76 Å². The van der Waals surface area contributed by atoms with Crippen molar-refractivity contribution in [2.45, 2.75) is 33.6 Å². The number of amides is 1. The van der Waals surface area contributed by atoms with Crippen LogP contribution in [0, 0.1) is 5.92 Å². The van der Waals surface area contributed by atoms with E-state index in [1.807, 2.05) is 0 Å². The number of ether oxygens (including phenoxy) is 1. The van der Waals surface area contributed by atoms with Gasteiger partial charge in [-0.15, -0.1) is 0 Å². The highest BCUT2D eigenvalue weighted by atomic mass is 16.5. The molecule has 0 saturated carbocycles. The van der Waals surface area contributed by atoms with Gasteiger partial charge in [0.1, 0.15) is 17.1 Å². The first-order valence-corrected chi connectivity index (χ1v) is 8.31. The van der Waals surface area contributed by atoms with E-state index < -0.39 is 11.9 Å². The molecule has 1 amide bonds. The summed E-state index contributed by atoms with van der Waals surface area (Å²) in [6.45, 7) is 6.69. The molecule has 6 nitrogen and oxygen atoms in total. The number of hydrogen-bond donors (Lipinski definition) is 2. The van der Waals surface area contributed by atoms with E-state index in [9.17, 15) is 9.59 Å². The number of aryl methyl sites for hydroxylation is 1. The number of benzene rings is 1. The summed E-state index contributed by atoms with van der Waals surface area (Å²) in [5.74, 6) is -0.0232. The Morgan fingerprint density at radius 2 is 1.92 bits per heavy atom. The molecular weight excluding hydrogens is 322 g/mol. The summed E-state index contributed by atoms with van der Waals surface area (Å²) in [4.78, 5) is 23.4. The van der Waals surface area contributed by atoms with Crippen LogP contribution in [0.25, 0.3) is 0 Å². The SMILES string of the molecule is CCc1oc(C(=O)Nc2ccc(OCCC(C)C)cc2)cc1C(=O)O. The predicted octanol–water partition coefficient (Wildman–Crippen LogP) is 4.22.